The Labute approximate surface area is 126 Å². The highest BCUT2D eigenvalue weighted by Crippen LogP contribution is 2.20. The molecule has 0 saturated carbocycles. The van der Waals surface area contributed by atoms with Crippen LogP contribution in [0.25, 0.3) is 0 Å². The molecular weight excluding hydrogens is 295 g/mol. The number of hydrogen-bond donors (Lipinski definition) is 1. The standard InChI is InChI=1S/C15H14ClFN2O2/c1-21-14(10-3-2-4-11(16)7-10)9-19-15(20)12-5-6-18-8-13(12)17/h2-8,14H,9H2,1H3,(H,19,20). The Morgan fingerprint density at radius 2 is 2.29 bits per heavy atom. The summed E-state index contributed by atoms with van der Waals surface area (Å²) >= 11 is 5.93. The zero-order valence-electron chi connectivity index (χ0n) is 11.3. The number of carbonyl (C=O) groups excluding carboxylic acids is 1. The van der Waals surface area contributed by atoms with Crippen molar-refractivity contribution in [3.8, 4) is 0 Å². The fourth-order valence-electron chi connectivity index (χ4n) is 1.88. The van der Waals surface area contributed by atoms with Crippen LogP contribution in [-0.4, -0.2) is 24.5 Å². The van der Waals surface area contributed by atoms with Gasteiger partial charge in [-0.15, -0.1) is 0 Å². The van der Waals surface area contributed by atoms with Crippen LogP contribution >= 0.6 is 11.6 Å². The van der Waals surface area contributed by atoms with Gasteiger partial charge in [0.25, 0.3) is 5.91 Å². The number of pyridine rings is 1. The van der Waals surface area contributed by atoms with Gasteiger partial charge in [0.1, 0.15) is 0 Å². The van der Waals surface area contributed by atoms with E-state index in [0.717, 1.165) is 11.8 Å². The predicted octanol–water partition coefficient (Wildman–Crippen LogP) is 2.99. The molecule has 2 aromatic rings. The van der Waals surface area contributed by atoms with E-state index in [2.05, 4.69) is 10.3 Å². The van der Waals surface area contributed by atoms with Gasteiger partial charge >= 0.3 is 0 Å². The Bertz CT molecular complexity index is 637. The van der Waals surface area contributed by atoms with E-state index in [1.807, 2.05) is 6.07 Å². The maximum Gasteiger partial charge on any atom is 0.254 e. The van der Waals surface area contributed by atoms with E-state index in [1.54, 1.807) is 18.2 Å². The second kappa shape index (κ2) is 7.15. The first-order valence-electron chi connectivity index (χ1n) is 6.27. The number of aromatic nitrogens is 1. The number of rotatable bonds is 5. The lowest BCUT2D eigenvalue weighted by Crippen LogP contribution is -2.29. The highest BCUT2D eigenvalue weighted by molar-refractivity contribution is 6.30. The first-order valence-corrected chi connectivity index (χ1v) is 6.65. The van der Waals surface area contributed by atoms with E-state index in [9.17, 15) is 9.18 Å². The van der Waals surface area contributed by atoms with Gasteiger partial charge in [-0.05, 0) is 23.8 Å². The van der Waals surface area contributed by atoms with E-state index in [1.165, 1.54) is 19.4 Å². The second-order valence-corrected chi connectivity index (χ2v) is 4.78. The molecule has 4 nitrogen and oxygen atoms in total. The van der Waals surface area contributed by atoms with Crippen LogP contribution < -0.4 is 5.32 Å². The normalized spacial score (nSPS) is 12.0. The molecule has 1 atom stereocenters. The molecular formula is C15H14ClFN2O2. The first kappa shape index (κ1) is 15.4. The molecule has 0 spiro atoms. The topological polar surface area (TPSA) is 51.2 Å². The Kier molecular flexibility index (Phi) is 5.25. The largest absolute Gasteiger partial charge is 0.375 e. The third-order valence-corrected chi connectivity index (χ3v) is 3.21. The van der Waals surface area contributed by atoms with Gasteiger partial charge in [0, 0.05) is 24.9 Å². The summed E-state index contributed by atoms with van der Waals surface area (Å²) in [6, 6.07) is 8.48. The molecule has 6 heteroatoms. The highest BCUT2D eigenvalue weighted by atomic mass is 35.5. The molecule has 0 bridgehead atoms. The minimum atomic E-state index is -0.660. The van der Waals surface area contributed by atoms with Crippen molar-refractivity contribution < 1.29 is 13.9 Å². The Hall–Kier alpha value is -1.98. The van der Waals surface area contributed by atoms with E-state index < -0.39 is 11.7 Å². The molecule has 0 aliphatic rings. The van der Waals surface area contributed by atoms with Crippen LogP contribution in [0.2, 0.25) is 5.02 Å². The first-order chi connectivity index (χ1) is 10.1. The van der Waals surface area contributed by atoms with Gasteiger partial charge in [-0.1, -0.05) is 23.7 Å². The lowest BCUT2D eigenvalue weighted by molar-refractivity contribution is 0.0825. The van der Waals surface area contributed by atoms with E-state index in [0.29, 0.717) is 5.02 Å². The van der Waals surface area contributed by atoms with Crippen molar-refractivity contribution in [2.75, 3.05) is 13.7 Å². The van der Waals surface area contributed by atoms with Crippen LogP contribution in [0.1, 0.15) is 22.0 Å². The number of nitrogens with zero attached hydrogens (tertiary/aromatic N) is 1. The van der Waals surface area contributed by atoms with Gasteiger partial charge in [0.05, 0.1) is 17.9 Å². The quantitative estimate of drug-likeness (QED) is 0.924. The minimum absolute atomic E-state index is 0.0500. The molecule has 0 aliphatic carbocycles. The molecule has 1 unspecified atom stereocenters. The average Bonchev–Trinajstić information content (AvgIpc) is 2.48. The summed E-state index contributed by atoms with van der Waals surface area (Å²) < 4.78 is 18.8. The molecule has 1 heterocycles. The van der Waals surface area contributed by atoms with Gasteiger partial charge in [0.2, 0.25) is 0 Å². The van der Waals surface area contributed by atoms with Crippen molar-refractivity contribution in [1.82, 2.24) is 10.3 Å². The smallest absolute Gasteiger partial charge is 0.254 e. The molecule has 1 N–H and O–H groups in total. The number of ether oxygens (including phenoxy) is 1. The molecule has 2 rings (SSSR count). The Morgan fingerprint density at radius 3 is 2.95 bits per heavy atom. The van der Waals surface area contributed by atoms with Crippen LogP contribution in [-0.2, 0) is 4.74 Å². The van der Waals surface area contributed by atoms with Crippen LogP contribution in [0.15, 0.2) is 42.7 Å². The molecule has 1 amide bonds. The lowest BCUT2D eigenvalue weighted by Gasteiger charge is -2.17. The Balaban J connectivity index is 2.04. The third-order valence-electron chi connectivity index (χ3n) is 2.97. The van der Waals surface area contributed by atoms with E-state index in [-0.39, 0.29) is 18.2 Å². The summed E-state index contributed by atoms with van der Waals surface area (Å²) in [5.74, 6) is -1.18. The monoisotopic (exact) mass is 308 g/mol. The lowest BCUT2D eigenvalue weighted by atomic mass is 10.1. The molecule has 0 aliphatic heterocycles. The number of halogens is 2. The van der Waals surface area contributed by atoms with Crippen molar-refractivity contribution >= 4 is 17.5 Å². The maximum atomic E-state index is 13.5. The fraction of sp³-hybridized carbons (Fsp3) is 0.200. The van der Waals surface area contributed by atoms with Crippen LogP contribution in [0, 0.1) is 5.82 Å². The number of nitrogens with one attached hydrogen (secondary N) is 1. The molecule has 0 fully saturated rings. The molecule has 1 aromatic carbocycles. The molecule has 0 radical (unpaired) electrons. The van der Waals surface area contributed by atoms with Crippen LogP contribution in [0.3, 0.4) is 0 Å². The SMILES string of the molecule is COC(CNC(=O)c1ccncc1F)c1cccc(Cl)c1. The molecule has 110 valence electrons. The average molecular weight is 309 g/mol. The van der Waals surface area contributed by atoms with Crippen molar-refractivity contribution in [3.05, 3.63) is 64.7 Å². The van der Waals surface area contributed by atoms with Crippen LogP contribution in [0.5, 0.6) is 0 Å². The minimum Gasteiger partial charge on any atom is -0.375 e. The van der Waals surface area contributed by atoms with Gasteiger partial charge in [-0.2, -0.15) is 0 Å². The summed E-state index contributed by atoms with van der Waals surface area (Å²) in [7, 11) is 1.53. The maximum absolute atomic E-state index is 13.5. The molecule has 1 aromatic heterocycles. The van der Waals surface area contributed by atoms with Crippen molar-refractivity contribution in [2.45, 2.75) is 6.10 Å². The van der Waals surface area contributed by atoms with E-state index >= 15 is 0 Å². The number of amides is 1. The summed E-state index contributed by atoms with van der Waals surface area (Å²) in [5.41, 5.74) is 0.784. The molecule has 21 heavy (non-hydrogen) atoms. The highest BCUT2D eigenvalue weighted by Gasteiger charge is 2.15. The zero-order valence-corrected chi connectivity index (χ0v) is 12.1. The summed E-state index contributed by atoms with van der Waals surface area (Å²) in [6.07, 6.45) is 2.00. The van der Waals surface area contributed by atoms with Gasteiger partial charge in [0.15, 0.2) is 5.82 Å². The second-order valence-electron chi connectivity index (χ2n) is 4.34. The van der Waals surface area contributed by atoms with Gasteiger partial charge in [-0.3, -0.25) is 9.78 Å². The summed E-state index contributed by atoms with van der Waals surface area (Å²) in [4.78, 5) is 15.5. The van der Waals surface area contributed by atoms with Crippen molar-refractivity contribution in [1.29, 1.82) is 0 Å². The summed E-state index contributed by atoms with van der Waals surface area (Å²) in [5, 5.41) is 3.22. The number of benzene rings is 1. The van der Waals surface area contributed by atoms with Crippen LogP contribution in [0.4, 0.5) is 4.39 Å². The van der Waals surface area contributed by atoms with Gasteiger partial charge in [-0.25, -0.2) is 4.39 Å². The van der Waals surface area contributed by atoms with Crippen molar-refractivity contribution in [2.24, 2.45) is 0 Å². The van der Waals surface area contributed by atoms with Gasteiger partial charge < -0.3 is 10.1 Å². The predicted molar refractivity (Wildman–Crippen MR) is 77.7 cm³/mol. The fourth-order valence-corrected chi connectivity index (χ4v) is 2.08. The number of hydrogen-bond acceptors (Lipinski definition) is 3. The number of carbonyl (C=O) groups is 1. The third kappa shape index (κ3) is 4.00. The zero-order chi connectivity index (χ0) is 15.2. The Morgan fingerprint density at radius 1 is 1.48 bits per heavy atom. The summed E-state index contributed by atoms with van der Waals surface area (Å²) in [6.45, 7) is 0.206. The number of methoxy groups -OCH3 is 1. The van der Waals surface area contributed by atoms with E-state index in [4.69, 9.17) is 16.3 Å². The van der Waals surface area contributed by atoms with Crippen molar-refractivity contribution in [3.63, 3.8) is 0 Å². The molecule has 0 saturated heterocycles.